The second-order valence-corrected chi connectivity index (χ2v) is 5.61. The van der Waals surface area contributed by atoms with Crippen LogP contribution in [0, 0.1) is 17.6 Å². The Kier molecular flexibility index (Phi) is 3.10. The molecule has 1 aliphatic carbocycles. The summed E-state index contributed by atoms with van der Waals surface area (Å²) in [6.07, 6.45) is 6.76. The van der Waals surface area contributed by atoms with Crippen LogP contribution >= 0.6 is 0 Å². The van der Waals surface area contributed by atoms with E-state index < -0.39 is 11.6 Å². The highest BCUT2D eigenvalue weighted by atomic mass is 19.1. The molecule has 1 aromatic rings. The van der Waals surface area contributed by atoms with Crippen LogP contribution in [0.2, 0.25) is 0 Å². The minimum Gasteiger partial charge on any atom is -0.307 e. The summed E-state index contributed by atoms with van der Waals surface area (Å²) in [5, 5.41) is 3.57. The normalized spacial score (nSPS) is 29.0. The largest absolute Gasteiger partial charge is 0.307 e. The van der Waals surface area contributed by atoms with Gasteiger partial charge in [-0.25, -0.2) is 8.78 Å². The molecule has 3 heteroatoms. The fourth-order valence-electron chi connectivity index (χ4n) is 3.33. The Labute approximate surface area is 107 Å². The highest BCUT2D eigenvalue weighted by Crippen LogP contribution is 2.49. The lowest BCUT2D eigenvalue weighted by molar-refractivity contribution is 0.268. The summed E-state index contributed by atoms with van der Waals surface area (Å²) in [4.78, 5) is 0. The summed E-state index contributed by atoms with van der Waals surface area (Å²) in [5.41, 5.74) is 0.433. The first kappa shape index (κ1) is 12.1. The molecule has 2 fully saturated rings. The van der Waals surface area contributed by atoms with Crippen LogP contribution in [-0.2, 0) is 5.54 Å². The number of nitrogens with one attached hydrogen (secondary N) is 1. The molecule has 0 radical (unpaired) electrons. The highest BCUT2D eigenvalue weighted by Gasteiger charge is 2.47. The van der Waals surface area contributed by atoms with E-state index in [2.05, 4.69) is 5.32 Å². The van der Waals surface area contributed by atoms with E-state index in [9.17, 15) is 8.78 Å². The molecule has 3 rings (SSSR count). The SMILES string of the molecule is Fc1ccc(C2(C3CC3)CCCCCN2)c(F)c1. The molecule has 1 aliphatic heterocycles. The third kappa shape index (κ3) is 2.05. The second kappa shape index (κ2) is 4.61. The van der Waals surface area contributed by atoms with Crippen LogP contribution in [0.1, 0.15) is 44.1 Å². The molecule has 98 valence electrons. The molecule has 1 N–H and O–H groups in total. The van der Waals surface area contributed by atoms with Gasteiger partial charge in [0.15, 0.2) is 0 Å². The zero-order valence-electron chi connectivity index (χ0n) is 10.5. The fourth-order valence-corrected chi connectivity index (χ4v) is 3.33. The molecule has 1 nitrogen and oxygen atoms in total. The van der Waals surface area contributed by atoms with E-state index in [-0.39, 0.29) is 5.54 Å². The van der Waals surface area contributed by atoms with Crippen molar-refractivity contribution in [2.45, 2.75) is 44.1 Å². The number of rotatable bonds is 2. The van der Waals surface area contributed by atoms with Gasteiger partial charge in [0.25, 0.3) is 0 Å². The van der Waals surface area contributed by atoms with Crippen LogP contribution in [0.3, 0.4) is 0 Å². The summed E-state index contributed by atoms with van der Waals surface area (Å²) >= 11 is 0. The molecule has 0 amide bonds. The zero-order chi connectivity index (χ0) is 12.6. The lowest BCUT2D eigenvalue weighted by Gasteiger charge is -2.35. The van der Waals surface area contributed by atoms with Crippen LogP contribution in [0.25, 0.3) is 0 Å². The Morgan fingerprint density at radius 2 is 1.94 bits per heavy atom. The standard InChI is InChI=1S/C15H19F2N/c16-12-6-7-13(14(17)10-12)15(11-4-5-11)8-2-1-3-9-18-15/h6-7,10-11,18H,1-5,8-9H2. The van der Waals surface area contributed by atoms with Crippen molar-refractivity contribution in [2.75, 3.05) is 6.54 Å². The summed E-state index contributed by atoms with van der Waals surface area (Å²) in [7, 11) is 0. The average Bonchev–Trinajstić information content (AvgIpc) is 3.16. The maximum absolute atomic E-state index is 14.1. The Morgan fingerprint density at radius 3 is 2.67 bits per heavy atom. The van der Waals surface area contributed by atoms with Crippen molar-refractivity contribution in [1.29, 1.82) is 0 Å². The molecule has 0 bridgehead atoms. The molecule has 18 heavy (non-hydrogen) atoms. The van der Waals surface area contributed by atoms with Gasteiger partial charge in [0.05, 0.1) is 0 Å². The van der Waals surface area contributed by atoms with Crippen molar-refractivity contribution in [3.63, 3.8) is 0 Å². The van der Waals surface area contributed by atoms with E-state index in [0.717, 1.165) is 44.7 Å². The Morgan fingerprint density at radius 1 is 1.11 bits per heavy atom. The lowest BCUT2D eigenvalue weighted by Crippen LogP contribution is -2.44. The van der Waals surface area contributed by atoms with Gasteiger partial charge in [-0.3, -0.25) is 0 Å². The fraction of sp³-hybridized carbons (Fsp3) is 0.600. The third-order valence-corrected chi connectivity index (χ3v) is 4.37. The van der Waals surface area contributed by atoms with Gasteiger partial charge in [0.2, 0.25) is 0 Å². The summed E-state index contributed by atoms with van der Waals surface area (Å²) in [6, 6.07) is 4.04. The van der Waals surface area contributed by atoms with E-state index in [1.54, 1.807) is 6.07 Å². The van der Waals surface area contributed by atoms with Crippen molar-refractivity contribution in [1.82, 2.24) is 5.32 Å². The number of hydrogen-bond donors (Lipinski definition) is 1. The summed E-state index contributed by atoms with van der Waals surface area (Å²) < 4.78 is 27.2. The first-order valence-corrected chi connectivity index (χ1v) is 6.93. The quantitative estimate of drug-likeness (QED) is 0.844. The van der Waals surface area contributed by atoms with Gasteiger partial charge < -0.3 is 5.32 Å². The number of benzene rings is 1. The van der Waals surface area contributed by atoms with Gasteiger partial charge >= 0.3 is 0 Å². The minimum absolute atomic E-state index is 0.242. The predicted molar refractivity (Wildman–Crippen MR) is 67.2 cm³/mol. The van der Waals surface area contributed by atoms with Crippen LogP contribution < -0.4 is 5.32 Å². The number of hydrogen-bond acceptors (Lipinski definition) is 1. The monoisotopic (exact) mass is 251 g/mol. The molecule has 1 atom stereocenters. The van der Waals surface area contributed by atoms with Gasteiger partial charge in [0, 0.05) is 17.2 Å². The Balaban J connectivity index is 2.02. The molecule has 0 aromatic heterocycles. The zero-order valence-corrected chi connectivity index (χ0v) is 10.5. The Hall–Kier alpha value is -0.960. The van der Waals surface area contributed by atoms with Crippen molar-refractivity contribution in [3.05, 3.63) is 35.4 Å². The van der Waals surface area contributed by atoms with E-state index in [1.165, 1.54) is 12.5 Å². The smallest absolute Gasteiger partial charge is 0.131 e. The van der Waals surface area contributed by atoms with Crippen molar-refractivity contribution in [3.8, 4) is 0 Å². The molecule has 1 heterocycles. The average molecular weight is 251 g/mol. The number of halogens is 2. The molecule has 1 saturated heterocycles. The molecular formula is C15H19F2N. The third-order valence-electron chi connectivity index (χ3n) is 4.37. The lowest BCUT2D eigenvalue weighted by atomic mass is 9.81. The van der Waals surface area contributed by atoms with Crippen LogP contribution in [0.5, 0.6) is 0 Å². The van der Waals surface area contributed by atoms with E-state index in [0.29, 0.717) is 11.5 Å². The summed E-state index contributed by atoms with van der Waals surface area (Å²) in [6.45, 7) is 0.938. The van der Waals surface area contributed by atoms with E-state index in [4.69, 9.17) is 0 Å². The first-order valence-electron chi connectivity index (χ1n) is 6.93. The van der Waals surface area contributed by atoms with Gasteiger partial charge in [0.1, 0.15) is 11.6 Å². The van der Waals surface area contributed by atoms with Crippen LogP contribution in [-0.4, -0.2) is 6.54 Å². The maximum atomic E-state index is 14.1. The molecule has 1 unspecified atom stereocenters. The maximum Gasteiger partial charge on any atom is 0.131 e. The van der Waals surface area contributed by atoms with E-state index >= 15 is 0 Å². The van der Waals surface area contributed by atoms with Crippen LogP contribution in [0.4, 0.5) is 8.78 Å². The molecular weight excluding hydrogens is 232 g/mol. The van der Waals surface area contributed by atoms with Gasteiger partial charge in [-0.05, 0) is 44.2 Å². The molecule has 0 spiro atoms. The molecule has 1 saturated carbocycles. The molecule has 1 aromatic carbocycles. The second-order valence-electron chi connectivity index (χ2n) is 5.61. The van der Waals surface area contributed by atoms with E-state index in [1.807, 2.05) is 0 Å². The van der Waals surface area contributed by atoms with Crippen molar-refractivity contribution < 1.29 is 8.78 Å². The molecule has 2 aliphatic rings. The topological polar surface area (TPSA) is 12.0 Å². The van der Waals surface area contributed by atoms with Gasteiger partial charge in [-0.1, -0.05) is 18.9 Å². The van der Waals surface area contributed by atoms with Crippen LogP contribution in [0.15, 0.2) is 18.2 Å². The van der Waals surface area contributed by atoms with Gasteiger partial charge in [-0.15, -0.1) is 0 Å². The van der Waals surface area contributed by atoms with Crippen molar-refractivity contribution in [2.24, 2.45) is 5.92 Å². The Bertz CT molecular complexity index is 432. The predicted octanol–water partition coefficient (Wildman–Crippen LogP) is 3.73. The first-order chi connectivity index (χ1) is 8.72. The minimum atomic E-state index is -0.490. The van der Waals surface area contributed by atoms with Gasteiger partial charge in [-0.2, -0.15) is 0 Å². The highest BCUT2D eigenvalue weighted by molar-refractivity contribution is 5.30. The van der Waals surface area contributed by atoms with Crippen molar-refractivity contribution >= 4 is 0 Å². The summed E-state index contributed by atoms with van der Waals surface area (Å²) in [5.74, 6) is -0.359.